The molecule has 8 amide bonds. The number of fused-ring (bicyclic) bond motifs is 2. The van der Waals surface area contributed by atoms with Crippen LogP contribution in [0.3, 0.4) is 0 Å². The minimum atomic E-state index is -0.795. The smallest absolute Gasteiger partial charge is 0.332 e. The zero-order valence-corrected chi connectivity index (χ0v) is 40.4. The monoisotopic (exact) mass is 996 g/mol. The van der Waals surface area contributed by atoms with Crippen molar-refractivity contribution in [1.82, 2.24) is 51.7 Å². The minimum Gasteiger partial charge on any atom is -0.443 e. The molecule has 0 aliphatic carbocycles. The zero-order valence-electron chi connectivity index (χ0n) is 40.4. The molecule has 4 atom stereocenters. The number of likely N-dealkylation sites (N-methyl/N-ethyl adjacent to an activating group) is 2. The summed E-state index contributed by atoms with van der Waals surface area (Å²) in [6.45, 7) is 0.0242. The van der Waals surface area contributed by atoms with E-state index in [1.165, 1.54) is 14.1 Å². The summed E-state index contributed by atoms with van der Waals surface area (Å²) in [5.41, 5.74) is 6.94. The third kappa shape index (κ3) is 12.1. The SMILES string of the molecule is CNC(=O)c1cccc(CN2C(=O)NC(Cc3ccc4[nH]cc(CC(NC)OC(=O)/C=C\C(=O)OC(Cc5c[nH]c6ccc(CC7NC(=O)N(Cc8cccc(C(=O)NC)c8)C7=O)cc56)NC)c4c3)C2=O)c1.O. The van der Waals surface area contributed by atoms with E-state index in [4.69, 9.17) is 9.47 Å². The number of aromatic amines is 2. The number of benzene rings is 4. The summed E-state index contributed by atoms with van der Waals surface area (Å²) >= 11 is 0. The lowest BCUT2D eigenvalue weighted by Gasteiger charge is -2.17. The van der Waals surface area contributed by atoms with Gasteiger partial charge in [0.25, 0.3) is 23.6 Å². The predicted molar refractivity (Wildman–Crippen MR) is 267 cm³/mol. The Balaban J connectivity index is 0.00000780. The fraction of sp³-hybridized carbons (Fsp3) is 0.269. The van der Waals surface area contributed by atoms with Crippen molar-refractivity contribution in [3.8, 4) is 0 Å². The maximum atomic E-state index is 13.4. The van der Waals surface area contributed by atoms with Crippen LogP contribution in [0, 0.1) is 0 Å². The number of rotatable bonds is 20. The summed E-state index contributed by atoms with van der Waals surface area (Å²) in [4.78, 5) is 112. The van der Waals surface area contributed by atoms with Gasteiger partial charge >= 0.3 is 24.0 Å². The van der Waals surface area contributed by atoms with E-state index in [1.54, 1.807) is 75.0 Å². The number of urea groups is 2. The van der Waals surface area contributed by atoms with Crippen LogP contribution in [0.4, 0.5) is 9.59 Å². The first kappa shape index (κ1) is 52.2. The van der Waals surface area contributed by atoms with Gasteiger partial charge in [-0.3, -0.25) is 39.6 Å². The summed E-state index contributed by atoms with van der Waals surface area (Å²) in [6, 6.07) is 22.2. The Hall–Kier alpha value is -8.66. The van der Waals surface area contributed by atoms with Crippen molar-refractivity contribution in [2.45, 2.75) is 63.3 Å². The fourth-order valence-electron chi connectivity index (χ4n) is 8.82. The molecule has 2 saturated heterocycles. The molecule has 2 fully saturated rings. The van der Waals surface area contributed by atoms with Gasteiger partial charge in [0.2, 0.25) is 0 Å². The molecular formula is C52H56N10O11. The lowest BCUT2D eigenvalue weighted by molar-refractivity contribution is -0.147. The summed E-state index contributed by atoms with van der Waals surface area (Å²) in [5.74, 6) is -2.88. The van der Waals surface area contributed by atoms with E-state index in [-0.39, 0.29) is 67.9 Å². The first-order chi connectivity index (χ1) is 34.7. The second kappa shape index (κ2) is 23.1. The van der Waals surface area contributed by atoms with Gasteiger partial charge in [0, 0.05) is 97.3 Å². The van der Waals surface area contributed by atoms with Gasteiger partial charge in [-0.25, -0.2) is 19.2 Å². The molecule has 2 aliphatic rings. The number of hydrogen-bond acceptors (Lipinski definition) is 12. The number of carbonyl (C=O) groups excluding carboxylic acids is 8. The Morgan fingerprint density at radius 2 is 0.986 bits per heavy atom. The molecule has 380 valence electrons. The van der Waals surface area contributed by atoms with Crippen LogP contribution in [0.1, 0.15) is 54.1 Å². The number of hydrogen-bond donors (Lipinski definition) is 8. The minimum absolute atomic E-state index is 0. The molecule has 0 bridgehead atoms. The number of carbonyl (C=O) groups is 8. The molecule has 0 radical (unpaired) electrons. The third-order valence-electron chi connectivity index (χ3n) is 12.6. The highest BCUT2D eigenvalue weighted by Crippen LogP contribution is 2.26. The molecule has 6 aromatic rings. The lowest BCUT2D eigenvalue weighted by atomic mass is 10.0. The van der Waals surface area contributed by atoms with Crippen molar-refractivity contribution >= 4 is 69.4 Å². The number of imide groups is 2. The van der Waals surface area contributed by atoms with Crippen molar-refractivity contribution in [2.75, 3.05) is 28.2 Å². The highest BCUT2D eigenvalue weighted by molar-refractivity contribution is 6.05. The molecular weight excluding hydrogens is 941 g/mol. The summed E-state index contributed by atoms with van der Waals surface area (Å²) in [6.07, 6.45) is 4.97. The second-order valence-electron chi connectivity index (χ2n) is 17.4. The maximum absolute atomic E-state index is 13.4. The third-order valence-corrected chi connectivity index (χ3v) is 12.6. The number of nitrogens with one attached hydrogen (secondary N) is 8. The Kier molecular flexibility index (Phi) is 16.5. The molecule has 2 aromatic heterocycles. The topological polar surface area (TPSA) is 297 Å². The van der Waals surface area contributed by atoms with E-state index in [1.807, 2.05) is 36.4 Å². The predicted octanol–water partition coefficient (Wildman–Crippen LogP) is 2.39. The number of aromatic nitrogens is 2. The van der Waals surface area contributed by atoms with Crippen LogP contribution in [-0.4, -0.2) is 126 Å². The van der Waals surface area contributed by atoms with Crippen molar-refractivity contribution in [1.29, 1.82) is 0 Å². The average molecular weight is 997 g/mol. The van der Waals surface area contributed by atoms with Crippen molar-refractivity contribution in [2.24, 2.45) is 0 Å². The van der Waals surface area contributed by atoms with E-state index >= 15 is 0 Å². The average Bonchev–Trinajstić information content (AvgIpc) is 4.12. The fourth-order valence-corrected chi connectivity index (χ4v) is 8.82. The lowest BCUT2D eigenvalue weighted by Crippen LogP contribution is -2.33. The van der Waals surface area contributed by atoms with Gasteiger partial charge in [-0.1, -0.05) is 36.4 Å². The van der Waals surface area contributed by atoms with E-state index in [0.29, 0.717) is 22.3 Å². The van der Waals surface area contributed by atoms with Crippen molar-refractivity contribution in [3.63, 3.8) is 0 Å². The Bertz CT molecular complexity index is 2920. The second-order valence-corrected chi connectivity index (χ2v) is 17.4. The maximum Gasteiger partial charge on any atom is 0.332 e. The first-order valence-corrected chi connectivity index (χ1v) is 23.2. The van der Waals surface area contributed by atoms with E-state index < -0.39 is 48.5 Å². The molecule has 0 spiro atoms. The summed E-state index contributed by atoms with van der Waals surface area (Å²) < 4.78 is 11.3. The van der Waals surface area contributed by atoms with Gasteiger partial charge in [-0.05, 0) is 96.0 Å². The Morgan fingerprint density at radius 3 is 1.37 bits per heavy atom. The van der Waals surface area contributed by atoms with E-state index in [9.17, 15) is 38.4 Å². The van der Waals surface area contributed by atoms with Crippen LogP contribution >= 0.6 is 0 Å². The van der Waals surface area contributed by atoms with Crippen LogP contribution in [0.15, 0.2) is 109 Å². The quantitative estimate of drug-likeness (QED) is 0.0237. The Labute approximate surface area is 418 Å². The van der Waals surface area contributed by atoms with E-state index in [0.717, 1.165) is 66.0 Å². The number of ether oxygens (including phenoxy) is 2. The molecule has 8 rings (SSSR count). The molecule has 73 heavy (non-hydrogen) atoms. The number of esters is 2. The van der Waals surface area contributed by atoms with Gasteiger partial charge in [-0.15, -0.1) is 0 Å². The van der Waals surface area contributed by atoms with E-state index in [2.05, 4.69) is 41.9 Å². The van der Waals surface area contributed by atoms with Crippen molar-refractivity contribution in [3.05, 3.63) is 154 Å². The standard InChI is InChI=1S/C52H54N10O10.H2O/c1-53-43(23-35-25-57-39-13-11-29(19-37(35)39)21-41-49(67)61(51(69)59-41)27-31-7-5-9-33(17-31)47(65)55-3)71-45(63)15-16-46(64)72-44(54-2)24-36-26-58-40-14-12-30(20-38(36)40)22-42-50(68)62(52(70)60-42)28-32-8-6-10-34(18-32)48(66)56-4;/h5-20,25-26,41-44,53-54,57-58H,21-24,27-28H2,1-4H3,(H,55,65)(H,56,66)(H,59,69)(H,60,70);1H2/b16-15-;. The van der Waals surface area contributed by atoms with Crippen LogP contribution in [0.25, 0.3) is 21.8 Å². The summed E-state index contributed by atoms with van der Waals surface area (Å²) in [7, 11) is 6.32. The molecule has 4 heterocycles. The highest BCUT2D eigenvalue weighted by atomic mass is 16.6. The highest BCUT2D eigenvalue weighted by Gasteiger charge is 2.39. The first-order valence-electron chi connectivity index (χ1n) is 23.2. The molecule has 4 aromatic carbocycles. The van der Waals surface area contributed by atoms with Crippen LogP contribution in [0.5, 0.6) is 0 Å². The number of nitrogens with zero attached hydrogens (tertiary/aromatic N) is 2. The normalized spacial score (nSPS) is 16.3. The molecule has 2 aliphatic heterocycles. The molecule has 10 N–H and O–H groups in total. The van der Waals surface area contributed by atoms with Gasteiger partial charge in [0.15, 0.2) is 12.5 Å². The van der Waals surface area contributed by atoms with Crippen LogP contribution < -0.4 is 31.9 Å². The molecule has 21 nitrogen and oxygen atoms in total. The number of amides is 8. The van der Waals surface area contributed by atoms with Crippen LogP contribution in [-0.2, 0) is 67.4 Å². The largest absolute Gasteiger partial charge is 0.443 e. The summed E-state index contributed by atoms with van der Waals surface area (Å²) in [5, 5.41) is 18.3. The van der Waals surface area contributed by atoms with Crippen molar-refractivity contribution < 1.29 is 53.3 Å². The molecule has 21 heteroatoms. The van der Waals surface area contributed by atoms with Crippen LogP contribution in [0.2, 0.25) is 0 Å². The van der Waals surface area contributed by atoms with Gasteiger partial charge in [-0.2, -0.15) is 0 Å². The Morgan fingerprint density at radius 1 is 0.575 bits per heavy atom. The van der Waals surface area contributed by atoms with Gasteiger partial charge in [0.05, 0.1) is 13.1 Å². The molecule has 4 unspecified atom stereocenters. The van der Waals surface area contributed by atoms with Gasteiger partial charge in [0.1, 0.15) is 12.1 Å². The zero-order chi connectivity index (χ0) is 51.1. The number of H-pyrrole nitrogens is 2. The molecule has 0 saturated carbocycles. The van der Waals surface area contributed by atoms with Gasteiger partial charge < -0.3 is 46.2 Å².